The molecule has 0 amide bonds. The molecule has 2 aromatic heterocycles. The fraction of sp³-hybridized carbons (Fsp3) is 0.316. The lowest BCUT2D eigenvalue weighted by atomic mass is 9.93. The standard InChI is InChI=1S/C19H19FN4O4S/c1-23(29(27,28)14-5-2-12(20)3-6-14)13-4-7-16-15(10-13)18-19(22-9-8-21-18)24(16)11-17(25)26/h2-3,5-6,8-9,13H,4,7,10-11H2,1H3,(H,25,26). The molecule has 0 saturated heterocycles. The molecule has 1 atom stereocenters. The molecule has 1 aliphatic rings. The van der Waals surface area contributed by atoms with Gasteiger partial charge in [0.15, 0.2) is 5.65 Å². The van der Waals surface area contributed by atoms with Gasteiger partial charge in [-0.1, -0.05) is 0 Å². The molecule has 0 radical (unpaired) electrons. The van der Waals surface area contributed by atoms with E-state index in [9.17, 15) is 22.7 Å². The Kier molecular flexibility index (Phi) is 4.83. The topological polar surface area (TPSA) is 105 Å². The van der Waals surface area contributed by atoms with Crippen LogP contribution in [0.25, 0.3) is 11.2 Å². The summed E-state index contributed by atoms with van der Waals surface area (Å²) in [7, 11) is -2.28. The first kappa shape index (κ1) is 19.5. The van der Waals surface area contributed by atoms with Crippen molar-refractivity contribution in [3.05, 3.63) is 53.7 Å². The van der Waals surface area contributed by atoms with Crippen molar-refractivity contribution >= 4 is 27.2 Å². The molecular formula is C19H19FN4O4S. The Morgan fingerprint density at radius 1 is 1.28 bits per heavy atom. The molecular weight excluding hydrogens is 399 g/mol. The van der Waals surface area contributed by atoms with Gasteiger partial charge in [0, 0.05) is 36.7 Å². The van der Waals surface area contributed by atoms with Crippen LogP contribution in [0.4, 0.5) is 4.39 Å². The predicted molar refractivity (Wildman–Crippen MR) is 102 cm³/mol. The molecule has 0 bridgehead atoms. The Morgan fingerprint density at radius 3 is 2.66 bits per heavy atom. The lowest BCUT2D eigenvalue weighted by molar-refractivity contribution is -0.137. The number of nitrogens with zero attached hydrogens (tertiary/aromatic N) is 4. The summed E-state index contributed by atoms with van der Waals surface area (Å²) in [5.41, 5.74) is 2.75. The minimum atomic E-state index is -3.79. The molecule has 152 valence electrons. The number of aliphatic carboxylic acids is 1. The highest BCUT2D eigenvalue weighted by Crippen LogP contribution is 2.33. The minimum Gasteiger partial charge on any atom is -0.480 e. The lowest BCUT2D eigenvalue weighted by Gasteiger charge is -2.31. The Bertz CT molecular complexity index is 1190. The fourth-order valence-corrected chi connectivity index (χ4v) is 5.28. The minimum absolute atomic E-state index is 0.0281. The number of rotatable bonds is 5. The van der Waals surface area contributed by atoms with Crippen LogP contribution in [-0.4, -0.2) is 51.4 Å². The molecule has 29 heavy (non-hydrogen) atoms. The smallest absolute Gasteiger partial charge is 0.323 e. The number of hydrogen-bond acceptors (Lipinski definition) is 5. The van der Waals surface area contributed by atoms with Gasteiger partial charge in [-0.15, -0.1) is 0 Å². The van der Waals surface area contributed by atoms with E-state index in [-0.39, 0.29) is 17.5 Å². The molecule has 2 heterocycles. The maximum atomic E-state index is 13.2. The van der Waals surface area contributed by atoms with Gasteiger partial charge < -0.3 is 9.67 Å². The van der Waals surface area contributed by atoms with Crippen LogP contribution in [0.1, 0.15) is 17.7 Å². The van der Waals surface area contributed by atoms with Crippen molar-refractivity contribution < 1.29 is 22.7 Å². The van der Waals surface area contributed by atoms with E-state index in [1.54, 1.807) is 4.57 Å². The summed E-state index contributed by atoms with van der Waals surface area (Å²) >= 11 is 0. The van der Waals surface area contributed by atoms with Gasteiger partial charge >= 0.3 is 5.97 Å². The van der Waals surface area contributed by atoms with Crippen molar-refractivity contribution in [3.8, 4) is 0 Å². The van der Waals surface area contributed by atoms with Gasteiger partial charge in [-0.05, 0) is 43.5 Å². The zero-order valence-corrected chi connectivity index (χ0v) is 16.4. The molecule has 1 unspecified atom stereocenters. The number of benzene rings is 1. The Hall–Kier alpha value is -2.85. The quantitative estimate of drug-likeness (QED) is 0.678. The predicted octanol–water partition coefficient (Wildman–Crippen LogP) is 1.83. The molecule has 3 aromatic rings. The first-order valence-electron chi connectivity index (χ1n) is 9.05. The maximum Gasteiger partial charge on any atom is 0.323 e. The Morgan fingerprint density at radius 2 is 1.97 bits per heavy atom. The number of hydrogen-bond donors (Lipinski definition) is 1. The number of carbonyl (C=O) groups is 1. The van der Waals surface area contributed by atoms with E-state index >= 15 is 0 Å². The second-order valence-corrected chi connectivity index (χ2v) is 9.00. The van der Waals surface area contributed by atoms with E-state index < -0.39 is 21.8 Å². The third-order valence-electron chi connectivity index (χ3n) is 5.35. The van der Waals surface area contributed by atoms with Gasteiger partial charge in [-0.2, -0.15) is 4.31 Å². The van der Waals surface area contributed by atoms with Crippen LogP contribution >= 0.6 is 0 Å². The third kappa shape index (κ3) is 3.38. The summed E-state index contributed by atoms with van der Waals surface area (Å²) in [6.45, 7) is -0.223. The number of likely N-dealkylation sites (N-methyl/N-ethyl adjacent to an activating group) is 1. The first-order chi connectivity index (χ1) is 13.8. The summed E-state index contributed by atoms with van der Waals surface area (Å²) in [6, 6.07) is 4.41. The van der Waals surface area contributed by atoms with Crippen LogP contribution in [-0.2, 0) is 34.2 Å². The third-order valence-corrected chi connectivity index (χ3v) is 7.27. The molecule has 0 fully saturated rings. The summed E-state index contributed by atoms with van der Waals surface area (Å²) in [6.07, 6.45) is 4.48. The van der Waals surface area contributed by atoms with Crippen LogP contribution < -0.4 is 0 Å². The highest BCUT2D eigenvalue weighted by molar-refractivity contribution is 7.89. The summed E-state index contributed by atoms with van der Waals surface area (Å²) in [4.78, 5) is 20.0. The van der Waals surface area contributed by atoms with Gasteiger partial charge in [-0.25, -0.2) is 17.8 Å². The van der Waals surface area contributed by atoms with Gasteiger partial charge in [0.05, 0.1) is 4.90 Å². The zero-order chi connectivity index (χ0) is 20.8. The van der Waals surface area contributed by atoms with Gasteiger partial charge in [-0.3, -0.25) is 9.78 Å². The van der Waals surface area contributed by atoms with Gasteiger partial charge in [0.2, 0.25) is 10.0 Å². The average molecular weight is 418 g/mol. The van der Waals surface area contributed by atoms with Gasteiger partial charge in [0.1, 0.15) is 17.9 Å². The van der Waals surface area contributed by atoms with Crippen LogP contribution in [0.2, 0.25) is 0 Å². The number of carboxylic acid groups (broad SMARTS) is 1. The van der Waals surface area contributed by atoms with Crippen molar-refractivity contribution in [1.29, 1.82) is 0 Å². The monoisotopic (exact) mass is 418 g/mol. The normalized spacial score (nSPS) is 16.9. The highest BCUT2D eigenvalue weighted by Gasteiger charge is 2.34. The van der Waals surface area contributed by atoms with Crippen molar-refractivity contribution in [3.63, 3.8) is 0 Å². The molecule has 0 spiro atoms. The lowest BCUT2D eigenvalue weighted by Crippen LogP contribution is -2.40. The highest BCUT2D eigenvalue weighted by atomic mass is 32.2. The maximum absolute atomic E-state index is 13.2. The van der Waals surface area contributed by atoms with Crippen LogP contribution in [0.15, 0.2) is 41.6 Å². The van der Waals surface area contributed by atoms with Crippen LogP contribution in [0, 0.1) is 5.82 Å². The second kappa shape index (κ2) is 7.20. The van der Waals surface area contributed by atoms with Crippen molar-refractivity contribution in [2.24, 2.45) is 0 Å². The largest absolute Gasteiger partial charge is 0.480 e. The molecule has 1 aromatic carbocycles. The van der Waals surface area contributed by atoms with E-state index in [1.807, 2.05) is 0 Å². The average Bonchev–Trinajstić information content (AvgIpc) is 3.00. The van der Waals surface area contributed by atoms with E-state index in [4.69, 9.17) is 0 Å². The molecule has 1 aliphatic carbocycles. The molecule has 0 saturated carbocycles. The van der Waals surface area contributed by atoms with E-state index in [0.29, 0.717) is 30.4 Å². The number of fused-ring (bicyclic) bond motifs is 3. The Labute approximate surface area is 166 Å². The van der Waals surface area contributed by atoms with E-state index in [1.165, 1.54) is 35.9 Å². The van der Waals surface area contributed by atoms with Crippen LogP contribution in [0.5, 0.6) is 0 Å². The number of carboxylic acids is 1. The van der Waals surface area contributed by atoms with E-state index in [2.05, 4.69) is 9.97 Å². The van der Waals surface area contributed by atoms with E-state index in [0.717, 1.165) is 23.4 Å². The molecule has 10 heteroatoms. The first-order valence-corrected chi connectivity index (χ1v) is 10.5. The summed E-state index contributed by atoms with van der Waals surface area (Å²) < 4.78 is 42.0. The fourth-order valence-electron chi connectivity index (χ4n) is 3.89. The second-order valence-electron chi connectivity index (χ2n) is 7.01. The van der Waals surface area contributed by atoms with Crippen molar-refractivity contribution in [2.45, 2.75) is 36.7 Å². The molecule has 4 rings (SSSR count). The van der Waals surface area contributed by atoms with Crippen molar-refractivity contribution in [2.75, 3.05) is 7.05 Å². The Balaban J connectivity index is 1.70. The van der Waals surface area contributed by atoms with Crippen molar-refractivity contribution in [1.82, 2.24) is 18.8 Å². The summed E-state index contributed by atoms with van der Waals surface area (Å²) in [5.74, 6) is -1.48. The number of aromatic nitrogens is 3. The zero-order valence-electron chi connectivity index (χ0n) is 15.6. The van der Waals surface area contributed by atoms with Gasteiger partial charge in [0.25, 0.3) is 0 Å². The molecule has 8 nitrogen and oxygen atoms in total. The summed E-state index contributed by atoms with van der Waals surface area (Å²) in [5, 5.41) is 9.26. The number of halogens is 1. The SMILES string of the molecule is CN(C1CCc2c(c3nccnc3n2CC(=O)O)C1)S(=O)(=O)c1ccc(F)cc1. The number of sulfonamides is 1. The molecule has 1 N–H and O–H groups in total. The molecule has 0 aliphatic heterocycles. The van der Waals surface area contributed by atoms with Crippen LogP contribution in [0.3, 0.4) is 0 Å².